The molecule has 1 amide bonds. The summed E-state index contributed by atoms with van der Waals surface area (Å²) in [4.78, 5) is 35.0. The van der Waals surface area contributed by atoms with Crippen molar-refractivity contribution in [3.63, 3.8) is 0 Å². The van der Waals surface area contributed by atoms with Gasteiger partial charge in [-0.2, -0.15) is 0 Å². The highest BCUT2D eigenvalue weighted by molar-refractivity contribution is 7.20. The third-order valence-electron chi connectivity index (χ3n) is 7.22. The number of carbonyl (C=O) groups excluding carboxylic acids is 1. The van der Waals surface area contributed by atoms with Gasteiger partial charge in [-0.25, -0.2) is 4.98 Å². The second-order valence-corrected chi connectivity index (χ2v) is 10.6. The number of aromatic nitrogens is 2. The highest BCUT2D eigenvalue weighted by Crippen LogP contribution is 2.36. The summed E-state index contributed by atoms with van der Waals surface area (Å²) in [6.45, 7) is 3.92. The molecule has 2 aromatic heterocycles. The largest absolute Gasteiger partial charge is 0.490 e. The predicted molar refractivity (Wildman–Crippen MR) is 131 cm³/mol. The lowest BCUT2D eigenvalue weighted by molar-refractivity contribution is 0.0661. The summed E-state index contributed by atoms with van der Waals surface area (Å²) in [7, 11) is 3.99. The first-order valence-corrected chi connectivity index (χ1v) is 12.4. The van der Waals surface area contributed by atoms with E-state index in [4.69, 9.17) is 4.74 Å². The third-order valence-corrected chi connectivity index (χ3v) is 8.32. The van der Waals surface area contributed by atoms with E-state index in [1.807, 2.05) is 38.1 Å². The van der Waals surface area contributed by atoms with Crippen molar-refractivity contribution in [2.75, 3.05) is 14.1 Å². The highest BCUT2D eigenvalue weighted by atomic mass is 32.1. The van der Waals surface area contributed by atoms with Crippen LogP contribution in [0.15, 0.2) is 41.5 Å². The van der Waals surface area contributed by atoms with Gasteiger partial charge in [-0.05, 0) is 76.9 Å². The normalized spacial score (nSPS) is 22.8. The highest BCUT2D eigenvalue weighted by Gasteiger charge is 2.39. The van der Waals surface area contributed by atoms with Gasteiger partial charge >= 0.3 is 0 Å². The number of hydrogen-bond acceptors (Lipinski definition) is 6. The molecule has 0 unspecified atom stereocenters. The van der Waals surface area contributed by atoms with Gasteiger partial charge in [-0.15, -0.1) is 11.3 Å². The number of piperidine rings is 1. The van der Waals surface area contributed by atoms with Crippen LogP contribution < -0.4 is 10.3 Å². The topological polar surface area (TPSA) is 67.7 Å². The Hall–Kier alpha value is -2.71. The van der Waals surface area contributed by atoms with Crippen molar-refractivity contribution in [1.29, 1.82) is 0 Å². The van der Waals surface area contributed by atoms with Crippen molar-refractivity contribution >= 4 is 27.5 Å². The van der Waals surface area contributed by atoms with Crippen molar-refractivity contribution < 1.29 is 9.53 Å². The monoisotopic (exact) mass is 466 g/mol. The molecule has 2 aliphatic rings. The smallest absolute Gasteiger partial charge is 0.275 e. The van der Waals surface area contributed by atoms with Crippen LogP contribution in [0.1, 0.15) is 49.2 Å². The maximum Gasteiger partial charge on any atom is 0.275 e. The number of benzene rings is 1. The summed E-state index contributed by atoms with van der Waals surface area (Å²) in [5.74, 6) is 0.735. The van der Waals surface area contributed by atoms with Crippen LogP contribution in [0, 0.1) is 0 Å². The maximum atomic E-state index is 13.2. The van der Waals surface area contributed by atoms with Gasteiger partial charge in [-0.3, -0.25) is 14.2 Å². The molecule has 3 aromatic rings. The fourth-order valence-electron chi connectivity index (χ4n) is 4.95. The molecule has 7 nitrogen and oxygen atoms in total. The Morgan fingerprint density at radius 3 is 2.48 bits per heavy atom. The second kappa shape index (κ2) is 8.57. The molecule has 174 valence electrons. The number of carbonyl (C=O) groups is 1. The van der Waals surface area contributed by atoms with Crippen LogP contribution in [0.4, 0.5) is 0 Å². The lowest BCUT2D eigenvalue weighted by Crippen LogP contribution is -2.43. The Kier molecular flexibility index (Phi) is 5.74. The second-order valence-electron chi connectivity index (χ2n) is 9.51. The van der Waals surface area contributed by atoms with Crippen LogP contribution in [0.2, 0.25) is 0 Å². The molecule has 0 radical (unpaired) electrons. The first kappa shape index (κ1) is 22.1. The maximum absolute atomic E-state index is 13.2. The Morgan fingerprint density at radius 2 is 1.85 bits per heavy atom. The standard InChI is InChI=1S/C25H30N4O3S/c1-15(2)27(3)24(30)22-13-21-23(33-22)25(31)29(14-26-21)16-7-9-19(10-8-16)32-20-11-17-5-6-18(12-20)28(17)4/h7-10,13-15,17-18,20H,5-6,11-12H2,1-4H3/t17-,18+,20+. The molecular formula is C25H30N4O3S. The van der Waals surface area contributed by atoms with Crippen LogP contribution >= 0.6 is 11.3 Å². The number of hydrogen-bond donors (Lipinski definition) is 0. The van der Waals surface area contributed by atoms with Crippen molar-refractivity contribution in [2.24, 2.45) is 0 Å². The van der Waals surface area contributed by atoms with Crippen LogP contribution in [0.3, 0.4) is 0 Å². The summed E-state index contributed by atoms with van der Waals surface area (Å²) in [5, 5.41) is 0. The van der Waals surface area contributed by atoms with Crippen LogP contribution in [-0.2, 0) is 0 Å². The van der Waals surface area contributed by atoms with Gasteiger partial charge in [0.05, 0.1) is 16.1 Å². The number of thiophene rings is 1. The number of fused-ring (bicyclic) bond motifs is 3. The molecule has 1 aromatic carbocycles. The van der Waals surface area contributed by atoms with Crippen LogP contribution in [0.25, 0.3) is 15.9 Å². The summed E-state index contributed by atoms with van der Waals surface area (Å²) in [6, 6.07) is 10.7. The average Bonchev–Trinajstić information content (AvgIpc) is 3.31. The lowest BCUT2D eigenvalue weighted by atomic mass is 10.0. The minimum atomic E-state index is -0.170. The Morgan fingerprint density at radius 1 is 1.18 bits per heavy atom. The zero-order valence-electron chi connectivity index (χ0n) is 19.5. The van der Waals surface area contributed by atoms with Crippen LogP contribution in [0.5, 0.6) is 5.75 Å². The molecule has 2 bridgehead atoms. The first-order chi connectivity index (χ1) is 15.8. The number of ether oxygens (including phenoxy) is 1. The summed E-state index contributed by atoms with van der Waals surface area (Å²) in [6.07, 6.45) is 6.45. The molecule has 0 N–H and O–H groups in total. The Bertz CT molecular complexity index is 1220. The van der Waals surface area contributed by atoms with E-state index in [1.165, 1.54) is 35.1 Å². The van der Waals surface area contributed by atoms with Gasteiger partial charge in [0, 0.05) is 25.2 Å². The van der Waals surface area contributed by atoms with Crippen molar-refractivity contribution in [1.82, 2.24) is 19.4 Å². The molecule has 3 atom stereocenters. The first-order valence-electron chi connectivity index (χ1n) is 11.6. The minimum Gasteiger partial charge on any atom is -0.490 e. The summed E-state index contributed by atoms with van der Waals surface area (Å²) >= 11 is 1.20. The van der Waals surface area contributed by atoms with Gasteiger partial charge in [0.2, 0.25) is 0 Å². The summed E-state index contributed by atoms with van der Waals surface area (Å²) < 4.78 is 8.29. The van der Waals surface area contributed by atoms with Crippen molar-refractivity contribution in [2.45, 2.75) is 63.8 Å². The van der Waals surface area contributed by atoms with Crippen molar-refractivity contribution in [3.8, 4) is 11.4 Å². The van der Waals surface area contributed by atoms with Gasteiger partial charge in [0.15, 0.2) is 0 Å². The predicted octanol–water partition coefficient (Wildman–Crippen LogP) is 3.93. The van der Waals surface area contributed by atoms with E-state index in [-0.39, 0.29) is 23.6 Å². The van der Waals surface area contributed by atoms with E-state index >= 15 is 0 Å². The molecule has 2 fully saturated rings. The van der Waals surface area contributed by atoms with Gasteiger partial charge in [0.1, 0.15) is 22.9 Å². The molecule has 2 saturated heterocycles. The van der Waals surface area contributed by atoms with Crippen molar-refractivity contribution in [3.05, 3.63) is 51.9 Å². The van der Waals surface area contributed by atoms with E-state index in [0.29, 0.717) is 27.2 Å². The summed E-state index contributed by atoms with van der Waals surface area (Å²) in [5.41, 5.74) is 1.11. The molecule has 5 rings (SSSR count). The molecule has 33 heavy (non-hydrogen) atoms. The van der Waals surface area contributed by atoms with E-state index in [2.05, 4.69) is 16.9 Å². The lowest BCUT2D eigenvalue weighted by Gasteiger charge is -2.36. The Balaban J connectivity index is 1.35. The fourth-order valence-corrected chi connectivity index (χ4v) is 5.97. The Labute approximate surface area is 197 Å². The molecule has 8 heteroatoms. The minimum absolute atomic E-state index is 0.0812. The van der Waals surface area contributed by atoms with E-state index in [1.54, 1.807) is 18.0 Å². The molecule has 0 spiro atoms. The van der Waals surface area contributed by atoms with E-state index in [0.717, 1.165) is 24.3 Å². The number of rotatable bonds is 5. The van der Waals surface area contributed by atoms with E-state index in [9.17, 15) is 9.59 Å². The zero-order chi connectivity index (χ0) is 23.3. The molecular weight excluding hydrogens is 436 g/mol. The number of amides is 1. The van der Waals surface area contributed by atoms with Gasteiger partial charge < -0.3 is 14.5 Å². The average molecular weight is 467 g/mol. The quantitative estimate of drug-likeness (QED) is 0.570. The fraction of sp³-hybridized carbons (Fsp3) is 0.480. The number of nitrogens with zero attached hydrogens (tertiary/aromatic N) is 4. The van der Waals surface area contributed by atoms with Crippen LogP contribution in [-0.4, -0.2) is 63.6 Å². The molecule has 0 aliphatic carbocycles. The molecule has 4 heterocycles. The SMILES string of the molecule is CC(C)N(C)C(=O)c1cc2ncn(-c3ccc(O[C@H]4C[C@H]5CC[C@@H](C4)N5C)cc3)c(=O)c2s1. The van der Waals surface area contributed by atoms with Gasteiger partial charge in [-0.1, -0.05) is 0 Å². The van der Waals surface area contributed by atoms with E-state index < -0.39 is 0 Å². The zero-order valence-corrected chi connectivity index (χ0v) is 20.3. The third kappa shape index (κ3) is 4.06. The molecule has 2 aliphatic heterocycles. The van der Waals surface area contributed by atoms with Gasteiger partial charge in [0.25, 0.3) is 11.5 Å². The molecule has 0 saturated carbocycles.